The molecular weight excluding hydrogens is 254 g/mol. The number of aryl methyl sites for hydroxylation is 1. The Labute approximate surface area is 109 Å². The van der Waals surface area contributed by atoms with Crippen LogP contribution in [0.25, 0.3) is 6.08 Å². The van der Waals surface area contributed by atoms with E-state index < -0.39 is 0 Å². The third kappa shape index (κ3) is 2.50. The molecule has 0 aromatic carbocycles. The molecule has 5 heteroatoms. The van der Waals surface area contributed by atoms with Crippen LogP contribution in [0.4, 0.5) is 0 Å². The third-order valence-electron chi connectivity index (χ3n) is 2.22. The molecule has 1 aliphatic rings. The second-order valence-corrected chi connectivity index (χ2v) is 5.21. The highest BCUT2D eigenvalue weighted by atomic mass is 32.2. The van der Waals surface area contributed by atoms with Crippen molar-refractivity contribution in [1.29, 1.82) is 0 Å². The van der Waals surface area contributed by atoms with E-state index in [0.29, 0.717) is 21.5 Å². The normalized spacial score (nSPS) is 18.2. The Balaban J connectivity index is 2.24. The van der Waals surface area contributed by atoms with Crippen molar-refractivity contribution in [3.63, 3.8) is 0 Å². The van der Waals surface area contributed by atoms with E-state index in [4.69, 9.17) is 16.6 Å². The summed E-state index contributed by atoms with van der Waals surface area (Å²) in [6.07, 6.45) is 3.38. The van der Waals surface area contributed by atoms with Crippen LogP contribution in [0.2, 0.25) is 0 Å². The van der Waals surface area contributed by atoms with E-state index in [2.05, 4.69) is 6.58 Å². The molecule has 17 heavy (non-hydrogen) atoms. The highest BCUT2D eigenvalue weighted by molar-refractivity contribution is 8.26. The summed E-state index contributed by atoms with van der Waals surface area (Å²) >= 11 is 6.42. The van der Waals surface area contributed by atoms with Crippen LogP contribution in [0.15, 0.2) is 34.1 Å². The molecule has 2 heterocycles. The van der Waals surface area contributed by atoms with E-state index >= 15 is 0 Å². The number of hydrogen-bond donors (Lipinski definition) is 0. The zero-order chi connectivity index (χ0) is 12.4. The van der Waals surface area contributed by atoms with Gasteiger partial charge in [-0.1, -0.05) is 30.1 Å². The van der Waals surface area contributed by atoms with Crippen LogP contribution in [0.5, 0.6) is 0 Å². The molecule has 1 aromatic rings. The summed E-state index contributed by atoms with van der Waals surface area (Å²) in [5.41, 5.74) is 0. The molecule has 0 aliphatic carbocycles. The Morgan fingerprint density at radius 3 is 2.94 bits per heavy atom. The highest BCUT2D eigenvalue weighted by Crippen LogP contribution is 2.32. The predicted octanol–water partition coefficient (Wildman–Crippen LogP) is 2.98. The lowest BCUT2D eigenvalue weighted by Crippen LogP contribution is -2.27. The van der Waals surface area contributed by atoms with Crippen LogP contribution in [0.3, 0.4) is 0 Å². The molecule has 0 radical (unpaired) electrons. The molecule has 1 aliphatic heterocycles. The van der Waals surface area contributed by atoms with Gasteiger partial charge < -0.3 is 4.42 Å². The fraction of sp³-hybridized carbons (Fsp3) is 0.167. The van der Waals surface area contributed by atoms with Crippen LogP contribution >= 0.6 is 24.0 Å². The Bertz CT molecular complexity index is 516. The molecule has 1 aromatic heterocycles. The maximum Gasteiger partial charge on any atom is 0.266 e. The van der Waals surface area contributed by atoms with E-state index in [9.17, 15) is 4.79 Å². The number of nitrogens with zero attached hydrogens (tertiary/aromatic N) is 1. The molecule has 0 N–H and O–H groups in total. The highest BCUT2D eigenvalue weighted by Gasteiger charge is 2.31. The largest absolute Gasteiger partial charge is 0.462 e. The topological polar surface area (TPSA) is 33.5 Å². The van der Waals surface area contributed by atoms with Gasteiger partial charge in [0.15, 0.2) is 0 Å². The number of thiocarbonyl (C=S) groups is 1. The van der Waals surface area contributed by atoms with Gasteiger partial charge in [-0.25, -0.2) is 0 Å². The SMILES string of the molecule is C=CCN1C(=O)/C(=C\c2ccc(C)o2)SC1=S. The molecule has 2 rings (SSSR count). The summed E-state index contributed by atoms with van der Waals surface area (Å²) in [6, 6.07) is 3.69. The minimum atomic E-state index is -0.0889. The van der Waals surface area contributed by atoms with Crippen molar-refractivity contribution in [2.24, 2.45) is 0 Å². The van der Waals surface area contributed by atoms with Gasteiger partial charge in [0.25, 0.3) is 5.91 Å². The summed E-state index contributed by atoms with van der Waals surface area (Å²) < 4.78 is 5.96. The summed E-state index contributed by atoms with van der Waals surface area (Å²) in [7, 11) is 0. The first-order valence-corrected chi connectivity index (χ1v) is 6.27. The van der Waals surface area contributed by atoms with E-state index in [1.54, 1.807) is 12.2 Å². The quantitative estimate of drug-likeness (QED) is 0.478. The smallest absolute Gasteiger partial charge is 0.266 e. The zero-order valence-electron chi connectivity index (χ0n) is 9.30. The van der Waals surface area contributed by atoms with Crippen molar-refractivity contribution in [1.82, 2.24) is 4.90 Å². The Morgan fingerprint density at radius 1 is 1.59 bits per heavy atom. The standard InChI is InChI=1S/C12H11NO2S2/c1-3-6-13-11(14)10(17-12(13)16)7-9-5-4-8(2)15-9/h3-5,7H,1,6H2,2H3/b10-7+. The fourth-order valence-electron chi connectivity index (χ4n) is 1.45. The summed E-state index contributed by atoms with van der Waals surface area (Å²) in [5.74, 6) is 1.40. The number of rotatable bonds is 3. The lowest BCUT2D eigenvalue weighted by atomic mass is 10.3. The van der Waals surface area contributed by atoms with Crippen LogP contribution in [0.1, 0.15) is 11.5 Å². The van der Waals surface area contributed by atoms with Gasteiger partial charge in [-0.15, -0.1) is 6.58 Å². The fourth-order valence-corrected chi connectivity index (χ4v) is 2.70. The minimum absolute atomic E-state index is 0.0889. The average molecular weight is 265 g/mol. The lowest BCUT2D eigenvalue weighted by Gasteiger charge is -2.10. The summed E-state index contributed by atoms with van der Waals surface area (Å²) in [5, 5.41) is 0. The van der Waals surface area contributed by atoms with E-state index in [1.165, 1.54) is 16.7 Å². The number of carbonyl (C=O) groups excluding carboxylic acids is 1. The van der Waals surface area contributed by atoms with Crippen molar-refractivity contribution >= 4 is 40.3 Å². The van der Waals surface area contributed by atoms with Gasteiger partial charge in [0.1, 0.15) is 15.8 Å². The van der Waals surface area contributed by atoms with Gasteiger partial charge in [0.2, 0.25) is 0 Å². The van der Waals surface area contributed by atoms with Gasteiger partial charge in [-0.05, 0) is 19.1 Å². The first kappa shape index (κ1) is 12.1. The second kappa shape index (κ2) is 4.89. The van der Waals surface area contributed by atoms with Crippen LogP contribution in [-0.2, 0) is 4.79 Å². The molecule has 88 valence electrons. The minimum Gasteiger partial charge on any atom is -0.462 e. The van der Waals surface area contributed by atoms with Gasteiger partial charge in [0.05, 0.1) is 4.91 Å². The second-order valence-electron chi connectivity index (χ2n) is 3.53. The number of furan rings is 1. The molecule has 1 fully saturated rings. The lowest BCUT2D eigenvalue weighted by molar-refractivity contribution is -0.121. The molecule has 0 spiro atoms. The van der Waals surface area contributed by atoms with Crippen LogP contribution in [-0.4, -0.2) is 21.7 Å². The van der Waals surface area contributed by atoms with Crippen LogP contribution in [0, 0.1) is 6.92 Å². The first-order chi connectivity index (χ1) is 8.11. The Kier molecular flexibility index (Phi) is 3.49. The summed E-state index contributed by atoms with van der Waals surface area (Å²) in [6.45, 7) is 5.91. The number of carbonyl (C=O) groups is 1. The third-order valence-corrected chi connectivity index (χ3v) is 3.60. The van der Waals surface area contributed by atoms with Crippen molar-refractivity contribution in [3.8, 4) is 0 Å². The van der Waals surface area contributed by atoms with Gasteiger partial charge in [-0.3, -0.25) is 9.69 Å². The molecule has 0 bridgehead atoms. The van der Waals surface area contributed by atoms with Gasteiger partial charge >= 0.3 is 0 Å². The molecule has 0 atom stereocenters. The van der Waals surface area contributed by atoms with Crippen molar-refractivity contribution in [3.05, 3.63) is 41.2 Å². The van der Waals surface area contributed by atoms with Crippen molar-refractivity contribution < 1.29 is 9.21 Å². The molecule has 3 nitrogen and oxygen atoms in total. The average Bonchev–Trinajstić information content (AvgIpc) is 2.79. The first-order valence-electron chi connectivity index (χ1n) is 5.04. The molecule has 1 amide bonds. The van der Waals surface area contributed by atoms with E-state index in [-0.39, 0.29) is 5.91 Å². The Morgan fingerprint density at radius 2 is 2.35 bits per heavy atom. The van der Waals surface area contributed by atoms with Crippen LogP contribution < -0.4 is 0 Å². The molecular formula is C12H11NO2S2. The van der Waals surface area contributed by atoms with Crippen molar-refractivity contribution in [2.45, 2.75) is 6.92 Å². The monoisotopic (exact) mass is 265 g/mol. The van der Waals surface area contributed by atoms with Gasteiger partial charge in [-0.2, -0.15) is 0 Å². The van der Waals surface area contributed by atoms with E-state index in [0.717, 1.165) is 5.76 Å². The maximum absolute atomic E-state index is 12.0. The molecule has 0 unspecified atom stereocenters. The predicted molar refractivity (Wildman–Crippen MR) is 73.5 cm³/mol. The molecule has 1 saturated heterocycles. The van der Waals surface area contributed by atoms with E-state index in [1.807, 2.05) is 19.1 Å². The number of amides is 1. The Hall–Kier alpha value is -1.33. The molecule has 0 saturated carbocycles. The van der Waals surface area contributed by atoms with Crippen molar-refractivity contribution in [2.75, 3.05) is 6.54 Å². The number of thioether (sulfide) groups is 1. The zero-order valence-corrected chi connectivity index (χ0v) is 10.9. The maximum atomic E-state index is 12.0. The summed E-state index contributed by atoms with van der Waals surface area (Å²) in [4.78, 5) is 14.1. The number of hydrogen-bond acceptors (Lipinski definition) is 4. The van der Waals surface area contributed by atoms with Gasteiger partial charge in [0, 0.05) is 12.6 Å².